The van der Waals surface area contributed by atoms with Gasteiger partial charge in [-0.25, -0.2) is 0 Å². The third-order valence-corrected chi connectivity index (χ3v) is 2.96. The van der Waals surface area contributed by atoms with Crippen molar-refractivity contribution >= 4 is 5.78 Å². The highest BCUT2D eigenvalue weighted by Crippen LogP contribution is 2.12. The Kier molecular flexibility index (Phi) is 3.73. The van der Waals surface area contributed by atoms with E-state index in [0.29, 0.717) is 17.0 Å². The van der Waals surface area contributed by atoms with Crippen LogP contribution in [0.1, 0.15) is 16.1 Å². The minimum atomic E-state index is -0.0250. The average molecular weight is 276 g/mol. The van der Waals surface area contributed by atoms with Gasteiger partial charge in [0.05, 0.1) is 24.0 Å². The summed E-state index contributed by atoms with van der Waals surface area (Å²) in [6.45, 7) is 0. The third kappa shape index (κ3) is 3.14. The molecule has 0 aliphatic carbocycles. The molecule has 0 saturated carbocycles. The molecule has 0 unspecified atom stereocenters. The van der Waals surface area contributed by atoms with E-state index in [2.05, 4.69) is 19.9 Å². The van der Waals surface area contributed by atoms with E-state index >= 15 is 0 Å². The third-order valence-electron chi connectivity index (χ3n) is 2.96. The van der Waals surface area contributed by atoms with Gasteiger partial charge in [-0.3, -0.25) is 24.7 Å². The molecule has 102 valence electrons. The largest absolute Gasteiger partial charge is 0.294 e. The quantitative estimate of drug-likeness (QED) is 0.684. The van der Waals surface area contributed by atoms with Gasteiger partial charge in [-0.05, 0) is 24.3 Å². The molecule has 0 spiro atoms. The summed E-state index contributed by atoms with van der Waals surface area (Å²) in [5.41, 5.74) is 2.65. The van der Waals surface area contributed by atoms with Crippen molar-refractivity contribution in [2.24, 2.45) is 0 Å². The van der Waals surface area contributed by atoms with Crippen LogP contribution in [0, 0.1) is 0 Å². The zero-order valence-corrected chi connectivity index (χ0v) is 11.2. The smallest absolute Gasteiger partial charge is 0.170 e. The van der Waals surface area contributed by atoms with Crippen molar-refractivity contribution in [2.75, 3.05) is 0 Å². The molecule has 0 radical (unpaired) electrons. The molecule has 3 aromatic rings. The van der Waals surface area contributed by atoms with Crippen LogP contribution in [-0.2, 0) is 6.42 Å². The maximum atomic E-state index is 12.0. The Morgan fingerprint density at radius 3 is 2.48 bits per heavy atom. The highest BCUT2D eigenvalue weighted by atomic mass is 16.1. The van der Waals surface area contributed by atoms with E-state index in [4.69, 9.17) is 0 Å². The predicted octanol–water partition coefficient (Wildman–Crippen LogP) is 2.36. The molecule has 0 aliphatic rings. The first kappa shape index (κ1) is 13.1. The molecule has 3 rings (SSSR count). The number of hydrogen-bond acceptors (Lipinski definition) is 5. The summed E-state index contributed by atoms with van der Waals surface area (Å²) in [6.07, 6.45) is 8.35. The lowest BCUT2D eigenvalue weighted by Gasteiger charge is -2.02. The Hall–Kier alpha value is -2.95. The molecule has 0 aromatic carbocycles. The van der Waals surface area contributed by atoms with Crippen molar-refractivity contribution in [1.29, 1.82) is 0 Å². The van der Waals surface area contributed by atoms with Crippen molar-refractivity contribution < 1.29 is 4.79 Å². The maximum Gasteiger partial charge on any atom is 0.170 e. The molecule has 0 bridgehead atoms. The number of nitrogens with zero attached hydrogens (tertiary/aromatic N) is 4. The summed E-state index contributed by atoms with van der Waals surface area (Å²) in [4.78, 5) is 28.8. The summed E-state index contributed by atoms with van der Waals surface area (Å²) in [7, 11) is 0. The molecule has 3 heterocycles. The fourth-order valence-corrected chi connectivity index (χ4v) is 1.89. The summed E-state index contributed by atoms with van der Waals surface area (Å²) >= 11 is 0. The van der Waals surface area contributed by atoms with Crippen molar-refractivity contribution in [3.63, 3.8) is 0 Å². The molecule has 3 aromatic heterocycles. The molecule has 0 saturated heterocycles. The number of hydrogen-bond donors (Lipinski definition) is 0. The van der Waals surface area contributed by atoms with Crippen molar-refractivity contribution in [1.82, 2.24) is 19.9 Å². The van der Waals surface area contributed by atoms with E-state index in [1.54, 1.807) is 43.1 Å². The molecule has 0 aliphatic heterocycles. The lowest BCUT2D eigenvalue weighted by Crippen LogP contribution is -2.06. The molecule has 0 N–H and O–H groups in total. The van der Waals surface area contributed by atoms with Gasteiger partial charge in [-0.15, -0.1) is 0 Å². The van der Waals surface area contributed by atoms with Crippen molar-refractivity contribution in [3.8, 4) is 11.4 Å². The molecular formula is C16H12N4O. The fourth-order valence-electron chi connectivity index (χ4n) is 1.89. The van der Waals surface area contributed by atoms with Crippen LogP contribution >= 0.6 is 0 Å². The number of rotatable bonds is 4. The number of Topliss-reactive ketones (excluding diaryl/α,β-unsaturated/α-hetero) is 1. The zero-order chi connectivity index (χ0) is 14.5. The average Bonchev–Trinajstić information content (AvgIpc) is 2.57. The highest BCUT2D eigenvalue weighted by Gasteiger charge is 2.09. The van der Waals surface area contributed by atoms with E-state index in [9.17, 15) is 4.79 Å². The lowest BCUT2D eigenvalue weighted by atomic mass is 10.1. The topological polar surface area (TPSA) is 68.6 Å². The van der Waals surface area contributed by atoms with E-state index in [0.717, 1.165) is 5.69 Å². The molecule has 0 amide bonds. The first-order valence-electron chi connectivity index (χ1n) is 6.48. The van der Waals surface area contributed by atoms with E-state index < -0.39 is 0 Å². The van der Waals surface area contributed by atoms with Gasteiger partial charge in [0.25, 0.3) is 0 Å². The second-order valence-corrected chi connectivity index (χ2v) is 4.45. The Bertz CT molecular complexity index is 727. The van der Waals surface area contributed by atoms with Crippen molar-refractivity contribution in [3.05, 3.63) is 72.6 Å². The van der Waals surface area contributed by atoms with Gasteiger partial charge in [-0.1, -0.05) is 6.07 Å². The minimum Gasteiger partial charge on any atom is -0.294 e. The van der Waals surface area contributed by atoms with Gasteiger partial charge in [0.15, 0.2) is 5.78 Å². The Labute approximate surface area is 121 Å². The molecule has 5 nitrogen and oxygen atoms in total. The van der Waals surface area contributed by atoms with Gasteiger partial charge in [0.1, 0.15) is 5.69 Å². The first-order valence-corrected chi connectivity index (χ1v) is 6.48. The van der Waals surface area contributed by atoms with Crippen LogP contribution in [-0.4, -0.2) is 25.7 Å². The predicted molar refractivity (Wildman–Crippen MR) is 77.5 cm³/mol. The minimum absolute atomic E-state index is 0.0250. The SMILES string of the molecule is O=C(Cc1cnc(-c2ccccn2)cn1)c1cccnc1. The van der Waals surface area contributed by atoms with Gasteiger partial charge in [-0.2, -0.15) is 0 Å². The van der Waals surface area contributed by atoms with Crippen LogP contribution in [0.5, 0.6) is 0 Å². The molecular weight excluding hydrogens is 264 g/mol. The fraction of sp³-hybridized carbons (Fsp3) is 0.0625. The van der Waals surface area contributed by atoms with Gasteiger partial charge < -0.3 is 0 Å². The van der Waals surface area contributed by atoms with Crippen molar-refractivity contribution in [2.45, 2.75) is 6.42 Å². The number of carbonyl (C=O) groups is 1. The first-order chi connectivity index (χ1) is 10.3. The summed E-state index contributed by atoms with van der Waals surface area (Å²) in [5.74, 6) is -0.0250. The molecule has 21 heavy (non-hydrogen) atoms. The van der Waals surface area contributed by atoms with Crippen LogP contribution in [0.4, 0.5) is 0 Å². The Morgan fingerprint density at radius 2 is 1.81 bits per heavy atom. The van der Waals surface area contributed by atoms with Crippen LogP contribution in [0.25, 0.3) is 11.4 Å². The van der Waals surface area contributed by atoms with E-state index in [1.165, 1.54) is 0 Å². The zero-order valence-electron chi connectivity index (χ0n) is 11.2. The molecule has 0 fully saturated rings. The van der Waals surface area contributed by atoms with Crippen LogP contribution < -0.4 is 0 Å². The molecule has 5 heteroatoms. The van der Waals surface area contributed by atoms with Gasteiger partial charge >= 0.3 is 0 Å². The summed E-state index contributed by atoms with van der Waals surface area (Å²) in [5, 5.41) is 0. The normalized spacial score (nSPS) is 10.3. The molecule has 0 atom stereocenters. The summed E-state index contributed by atoms with van der Waals surface area (Å²) < 4.78 is 0. The standard InChI is InChI=1S/C16H12N4O/c21-16(12-4-3-6-17-9-12)8-13-10-20-15(11-19-13)14-5-1-2-7-18-14/h1-7,9-11H,8H2. The number of pyridine rings is 2. The number of ketones is 1. The number of carbonyl (C=O) groups excluding carboxylic acids is 1. The van der Waals surface area contributed by atoms with Gasteiger partial charge in [0, 0.05) is 30.4 Å². The Balaban J connectivity index is 1.75. The van der Waals surface area contributed by atoms with E-state index in [1.807, 2.05) is 18.2 Å². The lowest BCUT2D eigenvalue weighted by molar-refractivity contribution is 0.0991. The van der Waals surface area contributed by atoms with Crippen LogP contribution in [0.3, 0.4) is 0 Å². The monoisotopic (exact) mass is 276 g/mol. The van der Waals surface area contributed by atoms with Crippen LogP contribution in [0.15, 0.2) is 61.3 Å². The summed E-state index contributed by atoms with van der Waals surface area (Å²) in [6, 6.07) is 9.08. The highest BCUT2D eigenvalue weighted by molar-refractivity contribution is 5.96. The Morgan fingerprint density at radius 1 is 0.857 bits per heavy atom. The van der Waals surface area contributed by atoms with E-state index in [-0.39, 0.29) is 12.2 Å². The second-order valence-electron chi connectivity index (χ2n) is 4.45. The van der Waals surface area contributed by atoms with Crippen LogP contribution in [0.2, 0.25) is 0 Å². The second kappa shape index (κ2) is 6.00. The number of aromatic nitrogens is 4. The van der Waals surface area contributed by atoms with Gasteiger partial charge in [0.2, 0.25) is 0 Å². The maximum absolute atomic E-state index is 12.0.